The summed E-state index contributed by atoms with van der Waals surface area (Å²) in [6.45, 7) is 3.99. The standard InChI is InChI=1S/3C18H19O2P3.2C18H18O2P2/c19-16-7-17(13-3-1-11(8-21)2-4-13)20-18-14(10-23)5-12(9-22)6-15(16)18;19-17-7-15(10-23)18-14(9-22)5-13(6-16(18)20-17)12-3-1-11(8-21)2-4-12;19-17-7-15(10-23)20-18-14(9-22)5-13(6-16(17)18)12-3-1-11(8-21)2-4-12;1-11-6-17(19)20-16-8-14(7-15(10-22)18(11)16)13-4-2-12(9-21)3-5-13;1-11-2-4-13(5-3-11)17-8-16(19)15-7-12(9-21)6-14(10-22)18(15)20-17/h3*1-7H,8-10,21-23H2;2*2-8H,9-10,21-22H2,1H3. The van der Waals surface area contributed by atoms with Crippen molar-refractivity contribution in [2.75, 3.05) is 0 Å². The van der Waals surface area contributed by atoms with E-state index in [1.165, 1.54) is 38.9 Å². The van der Waals surface area contributed by atoms with Crippen LogP contribution in [0.15, 0.2) is 258 Å². The first kappa shape index (κ1) is 87.7. The molecule has 10 aromatic carbocycles. The van der Waals surface area contributed by atoms with Crippen LogP contribution in [0.5, 0.6) is 0 Å². The summed E-state index contributed by atoms with van der Waals surface area (Å²) in [5, 5.41) is 4.07. The van der Waals surface area contributed by atoms with E-state index in [9.17, 15) is 24.0 Å². The van der Waals surface area contributed by atoms with Crippen molar-refractivity contribution in [2.24, 2.45) is 0 Å². The van der Waals surface area contributed by atoms with Crippen molar-refractivity contribution in [3.8, 4) is 56.0 Å². The molecule has 0 aliphatic rings. The Morgan fingerprint density at radius 3 is 0.956 bits per heavy atom. The molecular weight excluding hydrogens is 1640 g/mol. The molecule has 0 N–H and O–H groups in total. The lowest BCUT2D eigenvalue weighted by Gasteiger charge is -2.11. The molecule has 0 saturated heterocycles. The Hall–Kier alpha value is -6.16. The van der Waals surface area contributed by atoms with Gasteiger partial charge in [-0.15, -0.1) is 120 Å². The van der Waals surface area contributed by atoms with Crippen molar-refractivity contribution < 1.29 is 22.1 Å². The molecule has 0 bridgehead atoms. The van der Waals surface area contributed by atoms with Gasteiger partial charge in [-0.3, -0.25) is 14.4 Å². The molecule has 5 aromatic heterocycles. The predicted molar refractivity (Wildman–Crippen MR) is 523 cm³/mol. The Morgan fingerprint density at radius 2 is 0.558 bits per heavy atom. The second kappa shape index (κ2) is 41.8. The van der Waals surface area contributed by atoms with Crippen LogP contribution in [0.3, 0.4) is 0 Å². The van der Waals surface area contributed by atoms with Crippen LogP contribution in [0.1, 0.15) is 83.6 Å². The molecular formula is C90H93O10P13. The largest absolute Gasteiger partial charge is 0.460 e. The van der Waals surface area contributed by atoms with E-state index in [-0.39, 0.29) is 27.5 Å². The molecule has 113 heavy (non-hydrogen) atoms. The van der Waals surface area contributed by atoms with Crippen molar-refractivity contribution in [1.29, 1.82) is 0 Å². The van der Waals surface area contributed by atoms with Gasteiger partial charge in [-0.1, -0.05) is 139 Å². The van der Waals surface area contributed by atoms with Gasteiger partial charge in [0.25, 0.3) is 0 Å². The number of hydrogen-bond donors (Lipinski definition) is 0. The minimum Gasteiger partial charge on any atom is -0.460 e. The molecule has 0 aliphatic carbocycles. The van der Waals surface area contributed by atoms with E-state index in [2.05, 4.69) is 235 Å². The van der Waals surface area contributed by atoms with Gasteiger partial charge < -0.3 is 22.1 Å². The first-order valence-corrected chi connectivity index (χ1v) is 47.3. The first-order valence-electron chi connectivity index (χ1n) is 36.7. The van der Waals surface area contributed by atoms with Crippen LogP contribution >= 0.6 is 120 Å². The Labute approximate surface area is 689 Å². The minimum atomic E-state index is -0.296. The number of hydrogen-bond acceptors (Lipinski definition) is 10. The van der Waals surface area contributed by atoms with Gasteiger partial charge in [0.15, 0.2) is 16.3 Å². The highest BCUT2D eigenvalue weighted by molar-refractivity contribution is 7.17. The summed E-state index contributed by atoms with van der Waals surface area (Å²) in [6, 6.07) is 69.9. The van der Waals surface area contributed by atoms with E-state index in [0.717, 1.165) is 168 Å². The monoisotopic (exact) mass is 1740 g/mol. The van der Waals surface area contributed by atoms with Crippen LogP contribution in [-0.2, 0) is 80.1 Å². The lowest BCUT2D eigenvalue weighted by Crippen LogP contribution is -2.03. The van der Waals surface area contributed by atoms with Crippen molar-refractivity contribution in [3.63, 3.8) is 0 Å². The Bertz CT molecular complexity index is 6220. The third kappa shape index (κ3) is 21.6. The Balaban J connectivity index is 0.000000139. The topological polar surface area (TPSA) is 151 Å². The van der Waals surface area contributed by atoms with E-state index in [1.54, 1.807) is 30.3 Å². The fourth-order valence-electron chi connectivity index (χ4n) is 13.3. The van der Waals surface area contributed by atoms with Crippen LogP contribution in [0, 0.1) is 13.8 Å². The van der Waals surface area contributed by atoms with E-state index < -0.39 is 0 Å². The third-order valence-electron chi connectivity index (χ3n) is 19.4. The van der Waals surface area contributed by atoms with Crippen LogP contribution in [0.25, 0.3) is 111 Å². The van der Waals surface area contributed by atoms with E-state index in [0.29, 0.717) is 67.5 Å². The number of benzene rings is 10. The van der Waals surface area contributed by atoms with Crippen molar-refractivity contribution in [2.45, 2.75) is 94.0 Å². The van der Waals surface area contributed by atoms with Gasteiger partial charge in [-0.05, 0) is 242 Å². The van der Waals surface area contributed by atoms with E-state index in [4.69, 9.17) is 22.1 Å². The van der Waals surface area contributed by atoms with Crippen molar-refractivity contribution >= 4 is 175 Å². The van der Waals surface area contributed by atoms with Crippen LogP contribution in [0.2, 0.25) is 0 Å². The summed E-state index contributed by atoms with van der Waals surface area (Å²) in [5.41, 5.74) is 27.3. The van der Waals surface area contributed by atoms with Gasteiger partial charge in [0.1, 0.15) is 45.2 Å². The molecule has 0 aliphatic heterocycles. The molecule has 5 heterocycles. The average molecular weight is 1740 g/mol. The fraction of sp³-hybridized carbons (Fsp3) is 0.167. The third-order valence-corrected chi connectivity index (χ3v) is 25.3. The normalized spacial score (nSPS) is 11.1. The highest BCUT2D eigenvalue weighted by Crippen LogP contribution is 2.37. The lowest BCUT2D eigenvalue weighted by molar-refractivity contribution is 0.557. The second-order valence-corrected chi connectivity index (χ2v) is 32.3. The summed E-state index contributed by atoms with van der Waals surface area (Å²) < 4.78 is 29.0. The lowest BCUT2D eigenvalue weighted by atomic mass is 9.98. The average Bonchev–Trinajstić information content (AvgIpc) is 0.812. The number of fused-ring (bicyclic) bond motifs is 5. The van der Waals surface area contributed by atoms with Gasteiger partial charge in [0.05, 0.1) is 16.2 Å². The maximum absolute atomic E-state index is 12.6. The van der Waals surface area contributed by atoms with Crippen molar-refractivity contribution in [1.82, 2.24) is 0 Å². The molecule has 0 fully saturated rings. The molecule has 0 radical (unpaired) electrons. The van der Waals surface area contributed by atoms with Gasteiger partial charge in [0, 0.05) is 58.4 Å². The zero-order chi connectivity index (χ0) is 80.6. The Morgan fingerprint density at radius 1 is 0.239 bits per heavy atom. The molecule has 13 unspecified atom stereocenters. The van der Waals surface area contributed by atoms with Crippen LogP contribution in [-0.4, -0.2) is 0 Å². The minimum absolute atomic E-state index is 0.0105. The van der Waals surface area contributed by atoms with Crippen LogP contribution in [0.4, 0.5) is 0 Å². The summed E-state index contributed by atoms with van der Waals surface area (Å²) in [6.07, 6.45) is 10.7. The molecule has 13 atom stereocenters. The highest BCUT2D eigenvalue weighted by Gasteiger charge is 2.18. The summed E-state index contributed by atoms with van der Waals surface area (Å²) in [4.78, 5) is 61.0. The molecule has 578 valence electrons. The summed E-state index contributed by atoms with van der Waals surface area (Å²) in [7, 11) is 35.2. The number of rotatable bonds is 18. The first-order chi connectivity index (χ1) is 54.7. The zero-order valence-corrected chi connectivity index (χ0v) is 78.0. The Kier molecular flexibility index (Phi) is 32.4. The number of aryl methyl sites for hydroxylation is 2. The highest BCUT2D eigenvalue weighted by atomic mass is 31.0. The van der Waals surface area contributed by atoms with E-state index >= 15 is 0 Å². The van der Waals surface area contributed by atoms with Gasteiger partial charge in [0.2, 0.25) is 0 Å². The smallest absolute Gasteiger partial charge is 0.336 e. The molecule has 23 heteroatoms. The predicted octanol–water partition coefficient (Wildman–Crippen LogP) is 22.8. The SMILES string of the molecule is Cc1cc(=O)oc2cc(-c3ccc(CP)cc3)cc(CP)c12.Cc1ccc(-c2cc(=O)c3cc(CP)cc(CP)c3o2)cc1.O=c1cc(-c2ccc(CP)cc2)oc2c(CP)cc(CP)cc12.O=c1cc(CP)c2c(CP)cc(-c3ccc(CP)cc3)cc2o1.O=c1cc(CP)oc2c(CP)cc(-c3ccc(CP)cc3)cc12. The molecule has 10 nitrogen and oxygen atoms in total. The second-order valence-electron chi connectivity index (χ2n) is 27.0. The molecule has 15 aromatic rings. The van der Waals surface area contributed by atoms with Gasteiger partial charge in [-0.2, -0.15) is 0 Å². The molecule has 0 spiro atoms. The molecule has 0 saturated carbocycles. The summed E-state index contributed by atoms with van der Waals surface area (Å²) in [5.74, 6) is 1.94. The van der Waals surface area contributed by atoms with Gasteiger partial charge in [-0.25, -0.2) is 9.59 Å². The van der Waals surface area contributed by atoms with Crippen molar-refractivity contribution in [3.05, 3.63) is 347 Å². The molecule has 0 amide bonds. The zero-order valence-electron chi connectivity index (χ0n) is 63.0. The fourth-order valence-corrected chi connectivity index (χ4v) is 16.9. The van der Waals surface area contributed by atoms with E-state index in [1.807, 2.05) is 80.6 Å². The van der Waals surface area contributed by atoms with Gasteiger partial charge >= 0.3 is 11.3 Å². The van der Waals surface area contributed by atoms with Crippen LogP contribution < -0.4 is 27.5 Å². The summed E-state index contributed by atoms with van der Waals surface area (Å²) >= 11 is 0. The maximum Gasteiger partial charge on any atom is 0.336 e. The quantitative estimate of drug-likeness (QED) is 0.0600. The maximum atomic E-state index is 12.6. The molecule has 15 rings (SSSR count).